The number of hydrogen-bond acceptors (Lipinski definition) is 4. The molecule has 0 bridgehead atoms. The lowest BCUT2D eigenvalue weighted by molar-refractivity contribution is 0.667. The molecular weight excluding hydrogens is 1670 g/mol. The average molecular weight is 1790 g/mol. The molecule has 138 heavy (non-hydrogen) atoms. The third kappa shape index (κ3) is 24.6. The van der Waals surface area contributed by atoms with Crippen molar-refractivity contribution in [3.63, 3.8) is 0 Å². The van der Waals surface area contributed by atoms with Gasteiger partial charge in [-0.2, -0.15) is 0 Å². The van der Waals surface area contributed by atoms with Crippen molar-refractivity contribution in [1.82, 2.24) is 19.9 Å². The van der Waals surface area contributed by atoms with Gasteiger partial charge in [0.25, 0.3) is 0 Å². The maximum Gasteiger partial charge on any atom is 0.0716 e. The van der Waals surface area contributed by atoms with Gasteiger partial charge >= 0.3 is 0 Å². The molecule has 0 radical (unpaired) electrons. The molecule has 0 N–H and O–H groups in total. The number of unbranched alkanes of at least 4 members (excludes halogenated alkanes) is 11. The summed E-state index contributed by atoms with van der Waals surface area (Å²) >= 11 is 0. The summed E-state index contributed by atoms with van der Waals surface area (Å²) in [6, 6.07) is 127. The fourth-order valence-electron chi connectivity index (χ4n) is 19.0. The fraction of sp³-hybridized carbons (Fsp3) is 0.179. The van der Waals surface area contributed by atoms with Crippen LogP contribution in [0.3, 0.4) is 0 Å². The van der Waals surface area contributed by atoms with Gasteiger partial charge in [0.05, 0.1) is 44.8 Å². The Morgan fingerprint density at radius 3 is 0.717 bits per heavy atom. The van der Waals surface area contributed by atoms with E-state index in [1.54, 1.807) is 0 Å². The van der Waals surface area contributed by atoms with Crippen molar-refractivity contribution in [1.29, 1.82) is 0 Å². The number of hydrogen-bond donors (Lipinski definition) is 0. The summed E-state index contributed by atoms with van der Waals surface area (Å²) in [6.45, 7) is 11.2. The number of fused-ring (bicyclic) bond motifs is 4. The molecular formula is C134H124N4. The van der Waals surface area contributed by atoms with Crippen LogP contribution < -0.4 is 0 Å². The Balaban J connectivity index is 0.678. The van der Waals surface area contributed by atoms with Crippen molar-refractivity contribution < 1.29 is 0 Å². The highest BCUT2D eigenvalue weighted by Gasteiger charge is 2.18. The molecule has 0 saturated heterocycles. The highest BCUT2D eigenvalue weighted by Crippen LogP contribution is 2.40. The van der Waals surface area contributed by atoms with Crippen molar-refractivity contribution in [3.05, 3.63) is 446 Å². The lowest BCUT2D eigenvalue weighted by Crippen LogP contribution is -1.92. The van der Waals surface area contributed by atoms with Gasteiger partial charge in [-0.25, -0.2) is 19.9 Å². The quantitative estimate of drug-likeness (QED) is 0.0285. The number of aromatic nitrogens is 4. The zero-order chi connectivity index (χ0) is 94.0. The highest BCUT2D eigenvalue weighted by molar-refractivity contribution is 6.02. The van der Waals surface area contributed by atoms with E-state index in [1.807, 2.05) is 0 Å². The molecule has 0 amide bonds. The number of rotatable bonds is 39. The van der Waals surface area contributed by atoms with E-state index in [0.29, 0.717) is 0 Å². The van der Waals surface area contributed by atoms with Gasteiger partial charge < -0.3 is 0 Å². The molecule has 0 atom stereocenters. The molecule has 0 aliphatic heterocycles. The summed E-state index contributed by atoms with van der Waals surface area (Å²) in [5.74, 6) is 0. The first-order valence-corrected chi connectivity index (χ1v) is 50.5. The summed E-state index contributed by atoms with van der Waals surface area (Å²) in [5.41, 5.74) is 39.0. The van der Waals surface area contributed by atoms with Crippen LogP contribution in [0.15, 0.2) is 352 Å². The Labute approximate surface area is 818 Å². The third-order valence-corrected chi connectivity index (χ3v) is 26.7. The second kappa shape index (κ2) is 46.4. The second-order valence-electron chi connectivity index (χ2n) is 37.2. The maximum absolute atomic E-state index is 5.36. The number of aryl methyl sites for hydroxylation is 4. The third-order valence-electron chi connectivity index (χ3n) is 26.7. The number of benzene rings is 14. The molecule has 0 aliphatic rings. The highest BCUT2D eigenvalue weighted by atomic mass is 14.7. The van der Waals surface area contributed by atoms with Gasteiger partial charge in [0.1, 0.15) is 0 Å². The average Bonchev–Trinajstić information content (AvgIpc) is 0.782. The molecule has 0 fully saturated rings. The summed E-state index contributed by atoms with van der Waals surface area (Å²) in [7, 11) is 0. The van der Waals surface area contributed by atoms with Gasteiger partial charge in [-0.05, 0) is 314 Å². The minimum atomic E-state index is 0.965. The predicted molar refractivity (Wildman–Crippen MR) is 599 cm³/mol. The van der Waals surface area contributed by atoms with E-state index >= 15 is 0 Å². The van der Waals surface area contributed by atoms with Crippen molar-refractivity contribution in [2.45, 2.75) is 157 Å². The van der Waals surface area contributed by atoms with E-state index < -0.39 is 0 Å². The van der Waals surface area contributed by atoms with Gasteiger partial charge in [-0.15, -0.1) is 0 Å². The SMILES string of the molecule is C/C=C/c1cc(/C=C/c2cc(/C=C/c3ccc4nc(-c5ccc(CCCCC)cc5)ccc4c3)cc(/C=C/c3ccc4nc(-c5ccc(CCCCCC)cc5)cc(-c5ccccc5)c4c3)c2)cc(/C=C/c2cc(/C=C/c3ccc4nc(-c5ccc(CCCCCC)cc5)cc(-c5ccccc5)c4c3)cc(/C=C/c3ccc4nc(-c5ccc(CCCCCC)cc5)cc(-c5ccccc5)c4c3)c2)c1. The molecule has 4 heterocycles. The molecule has 18 rings (SSSR count). The zero-order valence-electron chi connectivity index (χ0n) is 80.7. The lowest BCUT2D eigenvalue weighted by Gasteiger charge is -2.12. The van der Waals surface area contributed by atoms with Crippen LogP contribution in [0.4, 0.5) is 0 Å². The fourth-order valence-corrected chi connectivity index (χ4v) is 19.0. The maximum atomic E-state index is 5.36. The van der Waals surface area contributed by atoms with Crippen LogP contribution in [0.25, 0.3) is 201 Å². The summed E-state index contributed by atoms with van der Waals surface area (Å²) in [6.07, 6.45) is 54.5. The minimum absolute atomic E-state index is 0.965. The van der Waals surface area contributed by atoms with Crippen molar-refractivity contribution in [2.75, 3.05) is 0 Å². The van der Waals surface area contributed by atoms with Crippen LogP contribution in [-0.4, -0.2) is 19.9 Å². The smallest absolute Gasteiger partial charge is 0.0716 e. The Morgan fingerprint density at radius 2 is 0.428 bits per heavy atom. The summed E-state index contributed by atoms with van der Waals surface area (Å²) in [4.78, 5) is 21.2. The molecule has 4 heteroatoms. The predicted octanol–water partition coefficient (Wildman–Crippen LogP) is 37.7. The van der Waals surface area contributed by atoms with Gasteiger partial charge in [0, 0.05) is 43.8 Å². The first-order chi connectivity index (χ1) is 68.0. The molecule has 0 saturated carbocycles. The minimum Gasteiger partial charge on any atom is -0.248 e. The Kier molecular flexibility index (Phi) is 31.4. The molecule has 0 unspecified atom stereocenters. The van der Waals surface area contributed by atoms with E-state index in [1.165, 1.54) is 119 Å². The Bertz CT molecular complexity index is 7240. The summed E-state index contributed by atoms with van der Waals surface area (Å²) < 4.78 is 0. The first-order valence-electron chi connectivity index (χ1n) is 50.5. The Hall–Kier alpha value is -15.1. The number of allylic oxidation sites excluding steroid dienone is 1. The Morgan fingerprint density at radius 1 is 0.181 bits per heavy atom. The molecule has 18 aromatic rings. The van der Waals surface area contributed by atoms with Crippen LogP contribution in [0.1, 0.15) is 226 Å². The largest absolute Gasteiger partial charge is 0.248 e. The van der Waals surface area contributed by atoms with E-state index in [2.05, 4.69) is 465 Å². The van der Waals surface area contributed by atoms with E-state index in [9.17, 15) is 0 Å². The lowest BCUT2D eigenvalue weighted by atomic mass is 9.96. The molecule has 4 aromatic heterocycles. The van der Waals surface area contributed by atoms with E-state index in [-0.39, 0.29) is 0 Å². The van der Waals surface area contributed by atoms with Crippen molar-refractivity contribution >= 4 is 123 Å². The van der Waals surface area contributed by atoms with E-state index in [0.717, 1.165) is 220 Å². The molecule has 14 aromatic carbocycles. The van der Waals surface area contributed by atoms with Gasteiger partial charge in [-0.1, -0.05) is 402 Å². The topological polar surface area (TPSA) is 51.6 Å². The second-order valence-corrected chi connectivity index (χ2v) is 37.2. The zero-order valence-corrected chi connectivity index (χ0v) is 80.7. The van der Waals surface area contributed by atoms with Gasteiger partial charge in [-0.3, -0.25) is 0 Å². The molecule has 0 spiro atoms. The van der Waals surface area contributed by atoms with Crippen LogP contribution in [0.2, 0.25) is 0 Å². The van der Waals surface area contributed by atoms with Crippen LogP contribution in [0.5, 0.6) is 0 Å². The van der Waals surface area contributed by atoms with Crippen LogP contribution in [-0.2, 0) is 25.7 Å². The molecule has 4 nitrogen and oxygen atoms in total. The summed E-state index contributed by atoms with van der Waals surface area (Å²) in [5, 5.41) is 4.44. The monoisotopic (exact) mass is 1790 g/mol. The molecule has 0 aliphatic carbocycles. The van der Waals surface area contributed by atoms with Crippen LogP contribution in [0, 0.1) is 0 Å². The van der Waals surface area contributed by atoms with Gasteiger partial charge in [0.2, 0.25) is 0 Å². The van der Waals surface area contributed by atoms with Crippen LogP contribution >= 0.6 is 0 Å². The molecule has 680 valence electrons. The van der Waals surface area contributed by atoms with E-state index in [4.69, 9.17) is 19.9 Å². The van der Waals surface area contributed by atoms with Crippen molar-refractivity contribution in [2.24, 2.45) is 0 Å². The standard InChI is InChI=1S/C134H124N4/c1-6-11-15-22-33-97-56-68-117(69-57-97)132-93-121(113-36-25-18-26-37-113)124-90-101(63-76-129(124)136-132)43-47-106-82-105(46-42-100-62-75-128-120(89-100)74-79-127(135-128)116-66-54-96(55-67-116)32-21-14-9-4)84-111(85-106)52-50-109-80-104(31-10-5)81-110(88-109)51-53-112-86-107(48-44-102-64-77-130-125(91-102)122(114-38-27-19-28-39-114)94-133(137-130)118-70-58-98(59-71-118)34-23-16-12-7-2)83-108(87-112)49-45-103-65-78-131-126(92-103)123(115-40-29-20-30-41-115)95-134(138-131)119-72-60-99(61-73-119)35-24-17-13-8-3/h10,18-20,25-31,36-95H,6-9,11-17,21-24,32-35H2,1-5H3/b31-10+,46-42+,47-43+,48-44+,49-45+,52-50+,53-51+. The first kappa shape index (κ1) is 93.3. The normalized spacial score (nSPS) is 12.0. The van der Waals surface area contributed by atoms with Gasteiger partial charge in [0.15, 0.2) is 0 Å². The van der Waals surface area contributed by atoms with Crippen molar-refractivity contribution in [3.8, 4) is 78.4 Å². The number of pyridine rings is 4. The number of nitrogens with zero attached hydrogens (tertiary/aromatic N) is 4.